The second kappa shape index (κ2) is 12.3. The summed E-state index contributed by atoms with van der Waals surface area (Å²) < 4.78 is 0. The third-order valence-electron chi connectivity index (χ3n) is 9.44. The van der Waals surface area contributed by atoms with E-state index in [4.69, 9.17) is 0 Å². The van der Waals surface area contributed by atoms with E-state index in [0.717, 1.165) is 36.0 Å². The zero-order valence-electron chi connectivity index (χ0n) is 24.3. The molecule has 2 amide bonds. The smallest absolute Gasteiger partial charge is 0.249 e. The molecule has 2 atom stereocenters. The highest BCUT2D eigenvalue weighted by Crippen LogP contribution is 2.44. The Morgan fingerprint density at radius 3 is 2.02 bits per heavy atom. The Morgan fingerprint density at radius 1 is 0.878 bits per heavy atom. The molecule has 41 heavy (non-hydrogen) atoms. The van der Waals surface area contributed by atoms with Gasteiger partial charge in [0.05, 0.1) is 17.5 Å². The van der Waals surface area contributed by atoms with Crippen LogP contribution in [0.15, 0.2) is 91.0 Å². The number of hydrogen-bond acceptors (Lipinski definition) is 3. The third kappa shape index (κ3) is 5.40. The van der Waals surface area contributed by atoms with Crippen molar-refractivity contribution < 1.29 is 9.59 Å². The SMILES string of the molecule is CC(C)[C@@](C#N)(CCCCC(=O)N1CCCC12CCN(C(c1ccccc1)c1ccccc1)C2=O)c1ccccc1. The average molecular weight is 548 g/mol. The van der Waals surface area contributed by atoms with Crippen LogP contribution in [0.4, 0.5) is 0 Å². The minimum Gasteiger partial charge on any atom is -0.329 e. The van der Waals surface area contributed by atoms with Gasteiger partial charge < -0.3 is 9.80 Å². The summed E-state index contributed by atoms with van der Waals surface area (Å²) in [5, 5.41) is 10.2. The van der Waals surface area contributed by atoms with Gasteiger partial charge in [0, 0.05) is 19.5 Å². The van der Waals surface area contributed by atoms with Crippen LogP contribution in [0.3, 0.4) is 0 Å². The van der Waals surface area contributed by atoms with Gasteiger partial charge in [-0.05, 0) is 54.7 Å². The zero-order valence-corrected chi connectivity index (χ0v) is 24.3. The second-order valence-corrected chi connectivity index (χ2v) is 12.0. The van der Waals surface area contributed by atoms with Crippen LogP contribution in [-0.2, 0) is 15.0 Å². The summed E-state index contributed by atoms with van der Waals surface area (Å²) in [6.45, 7) is 5.47. The molecule has 2 aliphatic heterocycles. The van der Waals surface area contributed by atoms with E-state index in [9.17, 15) is 14.9 Å². The molecule has 2 aliphatic rings. The summed E-state index contributed by atoms with van der Waals surface area (Å²) in [4.78, 5) is 31.8. The molecule has 5 nitrogen and oxygen atoms in total. The number of nitrogens with zero attached hydrogens (tertiary/aromatic N) is 3. The maximum Gasteiger partial charge on any atom is 0.249 e. The van der Waals surface area contributed by atoms with Crippen LogP contribution in [0.1, 0.15) is 81.5 Å². The molecule has 5 rings (SSSR count). The standard InChI is InChI=1S/C36H41N3O2/c1-28(2)35(27-37,31-19-10-5-11-20-31)22-13-12-21-32(40)39-25-14-23-36(39)24-26-38(34(36)41)33(29-15-6-3-7-16-29)30-17-8-4-9-18-30/h3-11,15-20,28,33H,12-14,21-26H2,1-2H3/t35-,36?/m0/s1. The topological polar surface area (TPSA) is 64.4 Å². The van der Waals surface area contributed by atoms with Crippen molar-refractivity contribution in [2.45, 2.75) is 75.8 Å². The largest absolute Gasteiger partial charge is 0.329 e. The van der Waals surface area contributed by atoms with Crippen molar-refractivity contribution >= 4 is 11.8 Å². The molecule has 0 bridgehead atoms. The molecule has 3 aromatic carbocycles. The normalized spacial score (nSPS) is 20.1. The highest BCUT2D eigenvalue weighted by molar-refractivity contribution is 5.94. The lowest BCUT2D eigenvalue weighted by Crippen LogP contribution is -2.53. The van der Waals surface area contributed by atoms with Crippen LogP contribution in [0.2, 0.25) is 0 Å². The van der Waals surface area contributed by atoms with Crippen molar-refractivity contribution in [2.75, 3.05) is 13.1 Å². The number of carbonyl (C=O) groups is 2. The maximum atomic E-state index is 14.3. The van der Waals surface area contributed by atoms with Gasteiger partial charge in [0.2, 0.25) is 11.8 Å². The van der Waals surface area contributed by atoms with Gasteiger partial charge in [-0.15, -0.1) is 0 Å². The van der Waals surface area contributed by atoms with Gasteiger partial charge in [0.1, 0.15) is 5.54 Å². The number of amides is 2. The Bertz CT molecular complexity index is 1330. The van der Waals surface area contributed by atoms with E-state index in [0.29, 0.717) is 38.8 Å². The minimum absolute atomic E-state index is 0.0699. The Labute approximate surface area is 244 Å². The molecule has 0 aliphatic carbocycles. The number of hydrogen-bond donors (Lipinski definition) is 0. The highest BCUT2D eigenvalue weighted by Gasteiger charge is 2.56. The summed E-state index contributed by atoms with van der Waals surface area (Å²) in [6, 6.07) is 32.9. The van der Waals surface area contributed by atoms with Crippen LogP contribution in [0.25, 0.3) is 0 Å². The Balaban J connectivity index is 1.28. The van der Waals surface area contributed by atoms with E-state index in [2.05, 4.69) is 44.2 Å². The molecule has 0 saturated carbocycles. The number of benzene rings is 3. The summed E-state index contributed by atoms with van der Waals surface area (Å²) >= 11 is 0. The zero-order chi connectivity index (χ0) is 28.9. The third-order valence-corrected chi connectivity index (χ3v) is 9.44. The molecule has 212 valence electrons. The first-order valence-electron chi connectivity index (χ1n) is 15.1. The maximum absolute atomic E-state index is 14.3. The molecule has 1 spiro atoms. The molecule has 2 saturated heterocycles. The second-order valence-electron chi connectivity index (χ2n) is 12.0. The Kier molecular flexibility index (Phi) is 8.59. The lowest BCUT2D eigenvalue weighted by Gasteiger charge is -2.36. The summed E-state index contributed by atoms with van der Waals surface area (Å²) in [7, 11) is 0. The monoisotopic (exact) mass is 547 g/mol. The molecule has 0 N–H and O–H groups in total. The molecule has 3 aromatic rings. The first-order chi connectivity index (χ1) is 19.9. The molecule has 0 radical (unpaired) electrons. The van der Waals surface area contributed by atoms with Crippen LogP contribution < -0.4 is 0 Å². The van der Waals surface area contributed by atoms with Crippen molar-refractivity contribution in [1.29, 1.82) is 5.26 Å². The van der Waals surface area contributed by atoms with Gasteiger partial charge in [0.15, 0.2) is 0 Å². The van der Waals surface area contributed by atoms with Crippen LogP contribution in [-0.4, -0.2) is 40.2 Å². The summed E-state index contributed by atoms with van der Waals surface area (Å²) in [5.41, 5.74) is 1.92. The fraction of sp³-hybridized carbons (Fsp3) is 0.417. The van der Waals surface area contributed by atoms with E-state index < -0.39 is 11.0 Å². The number of nitriles is 1. The predicted octanol–water partition coefficient (Wildman–Crippen LogP) is 7.05. The van der Waals surface area contributed by atoms with E-state index in [1.165, 1.54) is 0 Å². The van der Waals surface area contributed by atoms with Crippen molar-refractivity contribution in [1.82, 2.24) is 9.80 Å². The van der Waals surface area contributed by atoms with Gasteiger partial charge in [-0.1, -0.05) is 111 Å². The summed E-state index contributed by atoms with van der Waals surface area (Å²) in [6.07, 6.45) is 4.87. The lowest BCUT2D eigenvalue weighted by atomic mass is 9.69. The summed E-state index contributed by atoms with van der Waals surface area (Å²) in [5.74, 6) is 0.311. The number of carbonyl (C=O) groups excluding carboxylic acids is 2. The van der Waals surface area contributed by atoms with E-state index in [1.54, 1.807) is 0 Å². The van der Waals surface area contributed by atoms with Gasteiger partial charge in [-0.2, -0.15) is 5.26 Å². The fourth-order valence-electron chi connectivity index (χ4n) is 7.14. The quantitative estimate of drug-likeness (QED) is 0.256. The molecule has 1 unspecified atom stereocenters. The number of likely N-dealkylation sites (tertiary alicyclic amines) is 2. The van der Waals surface area contributed by atoms with Gasteiger partial charge in [-0.3, -0.25) is 9.59 Å². The van der Waals surface area contributed by atoms with Crippen molar-refractivity contribution in [3.05, 3.63) is 108 Å². The molecular formula is C36H41N3O2. The molecule has 0 aromatic heterocycles. The van der Waals surface area contributed by atoms with E-state index in [1.807, 2.05) is 76.5 Å². The average Bonchev–Trinajstić information content (AvgIpc) is 3.58. The first kappa shape index (κ1) is 28.6. The predicted molar refractivity (Wildman–Crippen MR) is 162 cm³/mol. The molecule has 5 heteroatoms. The number of unbranched alkanes of at least 4 members (excludes halogenated alkanes) is 1. The van der Waals surface area contributed by atoms with Crippen LogP contribution in [0.5, 0.6) is 0 Å². The molecule has 2 heterocycles. The van der Waals surface area contributed by atoms with E-state index >= 15 is 0 Å². The molecular weight excluding hydrogens is 506 g/mol. The Morgan fingerprint density at radius 2 is 1.46 bits per heavy atom. The molecule has 2 fully saturated rings. The minimum atomic E-state index is -0.739. The fourth-order valence-corrected chi connectivity index (χ4v) is 7.14. The van der Waals surface area contributed by atoms with Crippen molar-refractivity contribution in [2.24, 2.45) is 5.92 Å². The highest BCUT2D eigenvalue weighted by atomic mass is 16.2. The first-order valence-corrected chi connectivity index (χ1v) is 15.1. The van der Waals surface area contributed by atoms with Gasteiger partial charge in [-0.25, -0.2) is 0 Å². The van der Waals surface area contributed by atoms with Gasteiger partial charge in [0.25, 0.3) is 0 Å². The van der Waals surface area contributed by atoms with Crippen molar-refractivity contribution in [3.8, 4) is 6.07 Å². The van der Waals surface area contributed by atoms with E-state index in [-0.39, 0.29) is 23.8 Å². The van der Waals surface area contributed by atoms with Crippen LogP contribution in [0, 0.1) is 17.2 Å². The Hall–Kier alpha value is -3.91. The van der Waals surface area contributed by atoms with Crippen molar-refractivity contribution in [3.63, 3.8) is 0 Å². The van der Waals surface area contributed by atoms with Gasteiger partial charge >= 0.3 is 0 Å². The number of rotatable bonds is 10. The van der Waals surface area contributed by atoms with Crippen LogP contribution >= 0.6 is 0 Å². The lowest BCUT2D eigenvalue weighted by molar-refractivity contribution is -0.147.